The number of amides is 1. The van der Waals surface area contributed by atoms with Gasteiger partial charge in [0.25, 0.3) is 5.91 Å². The van der Waals surface area contributed by atoms with Gasteiger partial charge in [0.05, 0.1) is 13.0 Å². The Morgan fingerprint density at radius 3 is 2.12 bits per heavy atom. The Morgan fingerprint density at radius 2 is 1.48 bits per heavy atom. The van der Waals surface area contributed by atoms with Crippen molar-refractivity contribution in [2.24, 2.45) is 11.8 Å². The maximum Gasteiger partial charge on any atom is 0.313 e. The molecule has 4 aromatic rings. The van der Waals surface area contributed by atoms with Crippen LogP contribution in [-0.2, 0) is 16.0 Å². The molecular weight excluding hydrogens is 520 g/mol. The first-order valence-electron chi connectivity index (χ1n) is 14.9. The van der Waals surface area contributed by atoms with Gasteiger partial charge in [0.2, 0.25) is 0 Å². The Labute approximate surface area is 249 Å². The van der Waals surface area contributed by atoms with Crippen LogP contribution in [0.3, 0.4) is 0 Å². The highest BCUT2D eigenvalue weighted by molar-refractivity contribution is 6.08. The molecule has 1 amide bonds. The minimum atomic E-state index is -0.239. The number of benzene rings is 4. The van der Waals surface area contributed by atoms with Gasteiger partial charge in [0.1, 0.15) is 0 Å². The van der Waals surface area contributed by atoms with Crippen molar-refractivity contribution in [3.05, 3.63) is 120 Å². The van der Waals surface area contributed by atoms with E-state index < -0.39 is 0 Å². The summed E-state index contributed by atoms with van der Waals surface area (Å²) >= 11 is 0. The van der Waals surface area contributed by atoms with E-state index in [1.165, 1.54) is 12.7 Å². The van der Waals surface area contributed by atoms with Crippen molar-refractivity contribution in [1.82, 2.24) is 0 Å². The zero-order valence-electron chi connectivity index (χ0n) is 24.8. The summed E-state index contributed by atoms with van der Waals surface area (Å²) in [4.78, 5) is 28.4. The van der Waals surface area contributed by atoms with Crippen LogP contribution in [0, 0.1) is 11.8 Å². The van der Waals surface area contributed by atoms with Crippen LogP contribution in [0.15, 0.2) is 103 Å². The number of ether oxygens (including phenoxy) is 1. The van der Waals surface area contributed by atoms with Crippen LogP contribution in [0.5, 0.6) is 0 Å². The maximum absolute atomic E-state index is 13.3. The quantitative estimate of drug-likeness (QED) is 0.211. The van der Waals surface area contributed by atoms with Crippen LogP contribution in [-0.4, -0.2) is 32.1 Å². The molecule has 5 nitrogen and oxygen atoms in total. The van der Waals surface area contributed by atoms with Crippen LogP contribution in [0.4, 0.5) is 11.4 Å². The summed E-state index contributed by atoms with van der Waals surface area (Å²) in [5, 5.41) is 3.09. The van der Waals surface area contributed by atoms with Gasteiger partial charge in [-0.3, -0.25) is 9.59 Å². The molecule has 0 radical (unpaired) electrons. The molecule has 4 aromatic carbocycles. The largest absolute Gasteiger partial charge is 0.469 e. The standard InChI is InChI=1S/C37H40N2O3/c1-26(2)25-27-13-15-28(16-14-27)33-11-7-8-12-34(33)36(40)38-31-17-19-32(20-18-31)39-23-21-30(22-24-39)35(37(41)42-3)29-9-5-4-6-10-29/h4-20,26,30,35H,21-25H2,1-3H3,(H,38,40). The molecule has 42 heavy (non-hydrogen) atoms. The fourth-order valence-electron chi connectivity index (χ4n) is 6.06. The van der Waals surface area contributed by atoms with E-state index in [-0.39, 0.29) is 23.7 Å². The van der Waals surface area contributed by atoms with Gasteiger partial charge < -0.3 is 15.0 Å². The lowest BCUT2D eigenvalue weighted by molar-refractivity contribution is -0.144. The van der Waals surface area contributed by atoms with Gasteiger partial charge in [0, 0.05) is 30.0 Å². The third-order valence-corrected chi connectivity index (χ3v) is 8.20. The van der Waals surface area contributed by atoms with Gasteiger partial charge >= 0.3 is 5.97 Å². The summed E-state index contributed by atoms with van der Waals surface area (Å²) in [5.41, 5.74) is 6.81. The molecule has 5 heteroatoms. The van der Waals surface area contributed by atoms with Gasteiger partial charge in [-0.05, 0) is 83.7 Å². The van der Waals surface area contributed by atoms with E-state index in [0.29, 0.717) is 11.5 Å². The van der Waals surface area contributed by atoms with E-state index in [9.17, 15) is 9.59 Å². The topological polar surface area (TPSA) is 58.6 Å². The van der Waals surface area contributed by atoms with Crippen LogP contribution >= 0.6 is 0 Å². The minimum Gasteiger partial charge on any atom is -0.469 e. The van der Waals surface area contributed by atoms with Gasteiger partial charge in [0.15, 0.2) is 0 Å². The fraction of sp³-hybridized carbons (Fsp3) is 0.297. The van der Waals surface area contributed by atoms with Crippen molar-refractivity contribution in [3.8, 4) is 11.1 Å². The molecule has 1 saturated heterocycles. The van der Waals surface area contributed by atoms with Crippen LogP contribution in [0.25, 0.3) is 11.1 Å². The number of carbonyl (C=O) groups is 2. The van der Waals surface area contributed by atoms with E-state index in [1.54, 1.807) is 0 Å². The predicted octanol–water partition coefficient (Wildman–Crippen LogP) is 7.98. The minimum absolute atomic E-state index is 0.125. The molecule has 1 aliphatic heterocycles. The first-order valence-corrected chi connectivity index (χ1v) is 14.9. The molecule has 0 aliphatic carbocycles. The molecule has 5 rings (SSSR count). The van der Waals surface area contributed by atoms with Crippen LogP contribution in [0.2, 0.25) is 0 Å². The number of hydrogen-bond acceptors (Lipinski definition) is 4. The second kappa shape index (κ2) is 13.5. The zero-order valence-corrected chi connectivity index (χ0v) is 24.8. The highest BCUT2D eigenvalue weighted by Gasteiger charge is 2.33. The summed E-state index contributed by atoms with van der Waals surface area (Å²) in [6.45, 7) is 6.16. The number of esters is 1. The molecule has 0 spiro atoms. The third kappa shape index (κ3) is 6.91. The summed E-state index contributed by atoms with van der Waals surface area (Å²) in [7, 11) is 1.47. The number of nitrogens with one attached hydrogen (secondary N) is 1. The fourth-order valence-corrected chi connectivity index (χ4v) is 6.06. The van der Waals surface area contributed by atoms with Crippen molar-refractivity contribution >= 4 is 23.3 Å². The Kier molecular flexibility index (Phi) is 9.38. The Morgan fingerprint density at radius 1 is 0.833 bits per heavy atom. The molecule has 1 N–H and O–H groups in total. The van der Waals surface area contributed by atoms with E-state index in [4.69, 9.17) is 4.74 Å². The maximum atomic E-state index is 13.3. The van der Waals surface area contributed by atoms with E-state index >= 15 is 0 Å². The van der Waals surface area contributed by atoms with Crippen molar-refractivity contribution in [2.45, 2.75) is 39.0 Å². The van der Waals surface area contributed by atoms with Crippen molar-refractivity contribution in [2.75, 3.05) is 30.4 Å². The molecule has 1 atom stereocenters. The van der Waals surface area contributed by atoms with Gasteiger partial charge in [-0.15, -0.1) is 0 Å². The monoisotopic (exact) mass is 560 g/mol. The molecule has 1 fully saturated rings. The van der Waals surface area contributed by atoms with E-state index in [1.807, 2.05) is 66.7 Å². The summed E-state index contributed by atoms with van der Waals surface area (Å²) in [5.74, 6) is 0.313. The molecule has 0 saturated carbocycles. The Balaban J connectivity index is 1.22. The molecular formula is C37H40N2O3. The molecule has 1 heterocycles. The Bertz CT molecular complexity index is 1470. The third-order valence-electron chi connectivity index (χ3n) is 8.20. The first-order chi connectivity index (χ1) is 20.4. The molecule has 0 bridgehead atoms. The zero-order chi connectivity index (χ0) is 29.5. The van der Waals surface area contributed by atoms with Crippen LogP contribution < -0.4 is 10.2 Å². The normalized spacial score (nSPS) is 14.4. The van der Waals surface area contributed by atoms with Gasteiger partial charge in [-0.2, -0.15) is 0 Å². The number of piperidine rings is 1. The number of carbonyl (C=O) groups excluding carboxylic acids is 2. The Hall–Kier alpha value is -4.38. The number of anilines is 2. The summed E-state index contributed by atoms with van der Waals surface area (Å²) < 4.78 is 5.17. The van der Waals surface area contributed by atoms with Gasteiger partial charge in [-0.1, -0.05) is 86.6 Å². The average Bonchev–Trinajstić information content (AvgIpc) is 3.02. The van der Waals surface area contributed by atoms with Crippen molar-refractivity contribution < 1.29 is 14.3 Å². The second-order valence-corrected chi connectivity index (χ2v) is 11.6. The highest BCUT2D eigenvalue weighted by atomic mass is 16.5. The van der Waals surface area contributed by atoms with Crippen LogP contribution in [0.1, 0.15) is 54.1 Å². The van der Waals surface area contributed by atoms with Gasteiger partial charge in [-0.25, -0.2) is 0 Å². The lowest BCUT2D eigenvalue weighted by Gasteiger charge is -2.36. The lowest BCUT2D eigenvalue weighted by Crippen LogP contribution is -2.37. The molecule has 1 unspecified atom stereocenters. The summed E-state index contributed by atoms with van der Waals surface area (Å²) in [6, 6.07) is 34.3. The highest BCUT2D eigenvalue weighted by Crippen LogP contribution is 2.35. The molecule has 0 aromatic heterocycles. The average molecular weight is 561 g/mol. The summed E-state index contributed by atoms with van der Waals surface area (Å²) in [6.07, 6.45) is 2.85. The first kappa shape index (κ1) is 29.1. The molecule has 1 aliphatic rings. The van der Waals surface area contributed by atoms with E-state index in [2.05, 4.69) is 60.5 Å². The van der Waals surface area contributed by atoms with Crippen molar-refractivity contribution in [1.29, 1.82) is 0 Å². The number of methoxy groups -OCH3 is 1. The smallest absolute Gasteiger partial charge is 0.313 e. The number of hydrogen-bond donors (Lipinski definition) is 1. The predicted molar refractivity (Wildman–Crippen MR) is 171 cm³/mol. The molecule has 216 valence electrons. The lowest BCUT2D eigenvalue weighted by atomic mass is 9.80. The SMILES string of the molecule is COC(=O)C(c1ccccc1)C1CCN(c2ccc(NC(=O)c3ccccc3-c3ccc(CC(C)C)cc3)cc2)CC1. The van der Waals surface area contributed by atoms with Crippen molar-refractivity contribution in [3.63, 3.8) is 0 Å². The number of rotatable bonds is 9. The van der Waals surface area contributed by atoms with E-state index in [0.717, 1.165) is 60.4 Å². The second-order valence-electron chi connectivity index (χ2n) is 11.6. The number of nitrogens with zero attached hydrogens (tertiary/aromatic N) is 1.